The molecule has 0 saturated carbocycles. The predicted octanol–water partition coefficient (Wildman–Crippen LogP) is 5.71. The van der Waals surface area contributed by atoms with E-state index in [9.17, 15) is 9.90 Å². The summed E-state index contributed by atoms with van der Waals surface area (Å²) in [6.07, 6.45) is 6.23. The van der Waals surface area contributed by atoms with Crippen LogP contribution in [-0.4, -0.2) is 37.4 Å². The topological polar surface area (TPSA) is 82.1 Å². The summed E-state index contributed by atoms with van der Waals surface area (Å²) in [5.41, 5.74) is 4.87. The monoisotopic (exact) mass is 440 g/mol. The number of imidazole rings is 1. The molecule has 33 heavy (non-hydrogen) atoms. The van der Waals surface area contributed by atoms with Gasteiger partial charge < -0.3 is 15.0 Å². The van der Waals surface area contributed by atoms with Crippen LogP contribution < -0.4 is 0 Å². The molecule has 0 spiro atoms. The molecule has 6 heteroatoms. The number of hydrogen-bond acceptors (Lipinski definition) is 4. The second-order valence-electron chi connectivity index (χ2n) is 9.20. The van der Waals surface area contributed by atoms with E-state index >= 15 is 0 Å². The van der Waals surface area contributed by atoms with Gasteiger partial charge in [0, 0.05) is 36.2 Å². The first-order valence-corrected chi connectivity index (χ1v) is 11.5. The number of amides is 1. The Morgan fingerprint density at radius 1 is 1.06 bits per heavy atom. The summed E-state index contributed by atoms with van der Waals surface area (Å²) >= 11 is 0. The number of rotatable bonds is 5. The predicted molar refractivity (Wildman–Crippen MR) is 130 cm³/mol. The van der Waals surface area contributed by atoms with E-state index < -0.39 is 0 Å². The summed E-state index contributed by atoms with van der Waals surface area (Å²) in [6, 6.07) is 15.6. The van der Waals surface area contributed by atoms with Crippen molar-refractivity contribution in [1.29, 1.82) is 0 Å². The van der Waals surface area contributed by atoms with Gasteiger partial charge in [-0.25, -0.2) is 4.98 Å². The number of nitrogens with one attached hydrogen (secondary N) is 1. The Labute approximate surface area is 193 Å². The van der Waals surface area contributed by atoms with Gasteiger partial charge in [-0.2, -0.15) is 0 Å². The van der Waals surface area contributed by atoms with E-state index in [0.717, 1.165) is 58.5 Å². The number of pyridine rings is 1. The zero-order valence-corrected chi connectivity index (χ0v) is 19.0. The molecule has 1 aliphatic heterocycles. The number of hydrogen-bond donors (Lipinski definition) is 2. The van der Waals surface area contributed by atoms with E-state index in [4.69, 9.17) is 0 Å². The molecule has 2 N–H and O–H groups in total. The van der Waals surface area contributed by atoms with E-state index in [2.05, 4.69) is 59.1 Å². The van der Waals surface area contributed by atoms with Crippen LogP contribution in [-0.2, 0) is 4.79 Å². The van der Waals surface area contributed by atoms with Crippen molar-refractivity contribution in [3.63, 3.8) is 0 Å². The Kier molecular flexibility index (Phi) is 5.58. The smallest absolute Gasteiger partial charge is 0.223 e. The van der Waals surface area contributed by atoms with Crippen LogP contribution in [0.4, 0.5) is 0 Å². The van der Waals surface area contributed by atoms with Gasteiger partial charge in [0.2, 0.25) is 5.91 Å². The maximum Gasteiger partial charge on any atom is 0.223 e. The first-order chi connectivity index (χ1) is 16.0. The quantitative estimate of drug-likeness (QED) is 0.417. The lowest BCUT2D eigenvalue weighted by molar-refractivity contribution is -0.133. The van der Waals surface area contributed by atoms with Gasteiger partial charge in [0.25, 0.3) is 0 Å². The fourth-order valence-corrected chi connectivity index (χ4v) is 4.58. The molecule has 2 aromatic heterocycles. The molecule has 168 valence electrons. The van der Waals surface area contributed by atoms with Gasteiger partial charge in [0.05, 0.1) is 23.4 Å². The van der Waals surface area contributed by atoms with E-state index in [0.29, 0.717) is 12.3 Å². The third kappa shape index (κ3) is 4.33. The maximum atomic E-state index is 12.7. The summed E-state index contributed by atoms with van der Waals surface area (Å²) in [4.78, 5) is 27.2. The molecule has 4 aromatic rings. The molecule has 1 amide bonds. The number of carbonyl (C=O) groups excluding carboxylic acids is 1. The Bertz CT molecular complexity index is 1290. The molecule has 0 bridgehead atoms. The van der Waals surface area contributed by atoms with E-state index in [-0.39, 0.29) is 17.7 Å². The summed E-state index contributed by atoms with van der Waals surface area (Å²) in [5, 5.41) is 10.6. The van der Waals surface area contributed by atoms with Crippen molar-refractivity contribution in [1.82, 2.24) is 19.9 Å². The first kappa shape index (κ1) is 21.2. The highest BCUT2D eigenvalue weighted by atomic mass is 16.3. The number of aromatic amines is 1. The molecule has 2 aromatic carbocycles. The molecule has 6 nitrogen and oxygen atoms in total. The van der Waals surface area contributed by atoms with Crippen LogP contribution in [0.15, 0.2) is 60.9 Å². The van der Waals surface area contributed by atoms with Gasteiger partial charge in [0.1, 0.15) is 11.6 Å². The van der Waals surface area contributed by atoms with Gasteiger partial charge in [-0.15, -0.1) is 0 Å². The van der Waals surface area contributed by atoms with Crippen molar-refractivity contribution in [2.75, 3.05) is 6.54 Å². The van der Waals surface area contributed by atoms with Gasteiger partial charge in [-0.3, -0.25) is 9.78 Å². The third-order valence-corrected chi connectivity index (χ3v) is 6.26. The average Bonchev–Trinajstić information content (AvgIpc) is 3.48. The standard InChI is InChI=1S/C27H28N4O2/c1-17(2)12-26(33)31-11-3-4-25(31)27-29-16-24(30-27)19-7-5-18(6-8-19)21-13-20-9-10-22(32)14-23(20)28-15-21/h5-10,13-17,25,32H,3-4,11-12H2,1-2H3,(H,29,30)/t25-/m0/s1. The number of aromatic nitrogens is 3. The van der Waals surface area contributed by atoms with Gasteiger partial charge in [0.15, 0.2) is 0 Å². The number of aromatic hydroxyl groups is 1. The maximum absolute atomic E-state index is 12.7. The molecule has 1 fully saturated rings. The lowest BCUT2D eigenvalue weighted by Gasteiger charge is -2.24. The molecule has 1 aliphatic rings. The number of carbonyl (C=O) groups is 1. The number of likely N-dealkylation sites (tertiary alicyclic amines) is 1. The average molecular weight is 441 g/mol. The van der Waals surface area contributed by atoms with Crippen molar-refractivity contribution in [2.24, 2.45) is 5.92 Å². The summed E-state index contributed by atoms with van der Waals surface area (Å²) < 4.78 is 0. The number of nitrogens with zero attached hydrogens (tertiary/aromatic N) is 3. The summed E-state index contributed by atoms with van der Waals surface area (Å²) in [6.45, 7) is 4.97. The van der Waals surface area contributed by atoms with E-state index in [1.165, 1.54) is 0 Å². The Balaban J connectivity index is 1.35. The lowest BCUT2D eigenvalue weighted by atomic mass is 10.0. The van der Waals surface area contributed by atoms with Crippen LogP contribution in [0.25, 0.3) is 33.3 Å². The van der Waals surface area contributed by atoms with Gasteiger partial charge >= 0.3 is 0 Å². The highest BCUT2D eigenvalue weighted by Crippen LogP contribution is 2.33. The highest BCUT2D eigenvalue weighted by molar-refractivity contribution is 5.84. The number of fused-ring (bicyclic) bond motifs is 1. The number of phenols is 1. The Morgan fingerprint density at radius 2 is 1.85 bits per heavy atom. The van der Waals surface area contributed by atoms with Crippen LogP contribution in [0.1, 0.15) is 45.0 Å². The summed E-state index contributed by atoms with van der Waals surface area (Å²) in [5.74, 6) is 1.66. The molecular weight excluding hydrogens is 412 g/mol. The molecule has 3 heterocycles. The van der Waals surface area contributed by atoms with Crippen molar-refractivity contribution in [3.05, 3.63) is 66.7 Å². The molecule has 0 unspecified atom stereocenters. The highest BCUT2D eigenvalue weighted by Gasteiger charge is 2.32. The van der Waals surface area contributed by atoms with Crippen molar-refractivity contribution in [2.45, 2.75) is 39.2 Å². The van der Waals surface area contributed by atoms with Crippen LogP contribution in [0.5, 0.6) is 5.75 Å². The lowest BCUT2D eigenvalue weighted by Crippen LogP contribution is -2.31. The molecule has 0 radical (unpaired) electrons. The largest absolute Gasteiger partial charge is 0.508 e. The van der Waals surface area contributed by atoms with Crippen LogP contribution in [0.3, 0.4) is 0 Å². The van der Waals surface area contributed by atoms with Crippen LogP contribution in [0.2, 0.25) is 0 Å². The minimum atomic E-state index is 0.0346. The molecule has 0 aliphatic carbocycles. The second-order valence-corrected chi connectivity index (χ2v) is 9.20. The minimum absolute atomic E-state index is 0.0346. The van der Waals surface area contributed by atoms with E-state index in [1.807, 2.05) is 23.4 Å². The first-order valence-electron chi connectivity index (χ1n) is 11.5. The molecule has 1 saturated heterocycles. The Hall–Kier alpha value is -3.67. The third-order valence-electron chi connectivity index (χ3n) is 6.26. The van der Waals surface area contributed by atoms with E-state index in [1.54, 1.807) is 12.1 Å². The number of phenolic OH excluding ortho intramolecular Hbond substituents is 1. The fraction of sp³-hybridized carbons (Fsp3) is 0.296. The summed E-state index contributed by atoms with van der Waals surface area (Å²) in [7, 11) is 0. The van der Waals surface area contributed by atoms with Crippen molar-refractivity contribution in [3.8, 4) is 28.1 Å². The molecule has 1 atom stereocenters. The van der Waals surface area contributed by atoms with Gasteiger partial charge in [-0.1, -0.05) is 38.1 Å². The zero-order chi connectivity index (χ0) is 22.9. The van der Waals surface area contributed by atoms with Crippen LogP contribution >= 0.6 is 0 Å². The molecule has 5 rings (SSSR count). The SMILES string of the molecule is CC(C)CC(=O)N1CCC[C@H]1c1ncc(-c2ccc(-c3cnc4cc(O)ccc4c3)cc2)[nH]1. The second kappa shape index (κ2) is 8.70. The minimum Gasteiger partial charge on any atom is -0.508 e. The number of benzene rings is 2. The fourth-order valence-electron chi connectivity index (χ4n) is 4.58. The van der Waals surface area contributed by atoms with Crippen LogP contribution in [0, 0.1) is 5.92 Å². The van der Waals surface area contributed by atoms with Crippen molar-refractivity contribution < 1.29 is 9.90 Å². The normalized spacial score (nSPS) is 16.1. The molecular formula is C27H28N4O2. The van der Waals surface area contributed by atoms with Crippen molar-refractivity contribution >= 4 is 16.8 Å². The Morgan fingerprint density at radius 3 is 2.64 bits per heavy atom. The van der Waals surface area contributed by atoms with Gasteiger partial charge in [-0.05, 0) is 48.1 Å². The zero-order valence-electron chi connectivity index (χ0n) is 19.0. The number of H-pyrrole nitrogens is 1.